The lowest BCUT2D eigenvalue weighted by atomic mass is 10.1. The van der Waals surface area contributed by atoms with E-state index >= 15 is 0 Å². The van der Waals surface area contributed by atoms with Gasteiger partial charge in [-0.2, -0.15) is 4.98 Å². The number of nitrogens with one attached hydrogen (secondary N) is 1. The number of aromatic amines is 1. The zero-order valence-electron chi connectivity index (χ0n) is 15.2. The van der Waals surface area contributed by atoms with E-state index in [1.807, 2.05) is 0 Å². The number of imidazole rings is 1. The van der Waals surface area contributed by atoms with Crippen LogP contribution in [0.5, 0.6) is 0 Å². The largest absolute Gasteiger partial charge is 0.387 e. The van der Waals surface area contributed by atoms with Gasteiger partial charge < -0.3 is 34.5 Å². The molecule has 1 aliphatic rings. The van der Waals surface area contributed by atoms with Crippen LogP contribution in [0.3, 0.4) is 0 Å². The number of aromatic nitrogens is 4. The topological polar surface area (TPSA) is 184 Å². The first kappa shape index (κ1) is 20.9. The Morgan fingerprint density at radius 2 is 2.21 bits per heavy atom. The molecule has 2 aromatic rings. The average molecular weight is 419 g/mol. The Hall–Kier alpha value is -1.86. The number of H-pyrrole nitrogens is 1. The second-order valence-electron chi connectivity index (χ2n) is 6.26. The van der Waals surface area contributed by atoms with E-state index in [-0.39, 0.29) is 36.9 Å². The van der Waals surface area contributed by atoms with E-state index < -0.39 is 37.7 Å². The van der Waals surface area contributed by atoms with Gasteiger partial charge in [-0.05, 0) is 0 Å². The summed E-state index contributed by atoms with van der Waals surface area (Å²) < 4.78 is 34.1. The van der Waals surface area contributed by atoms with Crippen molar-refractivity contribution in [3.05, 3.63) is 16.7 Å². The third-order valence-electron chi connectivity index (χ3n) is 4.11. The van der Waals surface area contributed by atoms with Gasteiger partial charge in [0.05, 0.1) is 26.1 Å². The third kappa shape index (κ3) is 4.41. The fourth-order valence-electron chi connectivity index (χ4n) is 2.87. The highest BCUT2D eigenvalue weighted by Gasteiger charge is 2.46. The molecule has 0 aromatic carbocycles. The second-order valence-corrected chi connectivity index (χ2v) is 8.12. The smallest absolute Gasteiger partial charge is 0.325 e. The number of hydrogen-bond donors (Lipinski definition) is 4. The van der Waals surface area contributed by atoms with Crippen molar-refractivity contribution in [1.29, 1.82) is 0 Å². The molecule has 3 rings (SSSR count). The summed E-state index contributed by atoms with van der Waals surface area (Å²) in [5, 5.41) is 10.6. The standard InChI is InChI=1S/C14H22N5O8P/c1-24-3-4-25-10-9(20)7(5-26-28(2,22)23)27-13(10)19-6-16-8-11(19)17-14(15)18-12(8)21/h6-7,9-10,13,20H,3-5H2,1-2H3,(H,22,23)(H3,15,17,18,21)/t7-,9?,10+,13-/m1/s1. The van der Waals surface area contributed by atoms with Crippen molar-refractivity contribution in [3.63, 3.8) is 0 Å². The quantitative estimate of drug-likeness (QED) is 0.298. The minimum absolute atomic E-state index is 0.0380. The third-order valence-corrected chi connectivity index (χ3v) is 4.74. The summed E-state index contributed by atoms with van der Waals surface area (Å²) in [5.41, 5.74) is 5.27. The summed E-state index contributed by atoms with van der Waals surface area (Å²) in [4.78, 5) is 31.7. The summed E-state index contributed by atoms with van der Waals surface area (Å²) >= 11 is 0. The number of aliphatic hydroxyl groups is 1. The van der Waals surface area contributed by atoms with Crippen LogP contribution in [0.15, 0.2) is 11.1 Å². The van der Waals surface area contributed by atoms with Crippen molar-refractivity contribution >= 4 is 24.7 Å². The van der Waals surface area contributed by atoms with Crippen molar-refractivity contribution in [2.24, 2.45) is 0 Å². The number of methoxy groups -OCH3 is 1. The van der Waals surface area contributed by atoms with E-state index in [2.05, 4.69) is 15.0 Å². The van der Waals surface area contributed by atoms with Gasteiger partial charge in [-0.15, -0.1) is 0 Å². The lowest BCUT2D eigenvalue weighted by molar-refractivity contribution is -0.0781. The van der Waals surface area contributed by atoms with Crippen LogP contribution >= 0.6 is 7.60 Å². The van der Waals surface area contributed by atoms with E-state index in [9.17, 15) is 19.4 Å². The van der Waals surface area contributed by atoms with Gasteiger partial charge >= 0.3 is 7.60 Å². The number of aliphatic hydroxyl groups excluding tert-OH is 1. The zero-order chi connectivity index (χ0) is 20.5. The monoisotopic (exact) mass is 419 g/mol. The molecule has 5 atom stereocenters. The molecule has 3 heterocycles. The number of anilines is 1. The molecule has 1 fully saturated rings. The number of nitrogens with zero attached hydrogens (tertiary/aromatic N) is 3. The van der Waals surface area contributed by atoms with Gasteiger partial charge in [0.15, 0.2) is 17.4 Å². The van der Waals surface area contributed by atoms with Crippen LogP contribution < -0.4 is 11.3 Å². The fourth-order valence-corrected chi connectivity index (χ4v) is 3.29. The minimum atomic E-state index is -3.77. The molecule has 13 nitrogen and oxygen atoms in total. The SMILES string of the molecule is COCCO[C@H]1C(O)[C@@H](COP(C)(=O)O)O[C@H]1n1cnc2c(=O)[nH]c(N)nc21. The van der Waals surface area contributed by atoms with Gasteiger partial charge in [0.2, 0.25) is 5.95 Å². The van der Waals surface area contributed by atoms with Crippen molar-refractivity contribution in [2.75, 3.05) is 39.3 Å². The maximum absolute atomic E-state index is 12.0. The number of fused-ring (bicyclic) bond motifs is 1. The first-order valence-corrected chi connectivity index (χ1v) is 10.3. The molecule has 2 aromatic heterocycles. The van der Waals surface area contributed by atoms with E-state index in [1.54, 1.807) is 0 Å². The number of rotatable bonds is 8. The van der Waals surface area contributed by atoms with Crippen LogP contribution in [0.2, 0.25) is 0 Å². The molecule has 0 amide bonds. The van der Waals surface area contributed by atoms with E-state index in [1.165, 1.54) is 18.0 Å². The lowest BCUT2D eigenvalue weighted by Crippen LogP contribution is -2.36. The number of hydrogen-bond acceptors (Lipinski definition) is 10. The lowest BCUT2D eigenvalue weighted by Gasteiger charge is -2.22. The van der Waals surface area contributed by atoms with Crippen LogP contribution in [0.4, 0.5) is 5.95 Å². The molecule has 156 valence electrons. The number of nitrogens with two attached hydrogens (primary N) is 1. The molecular formula is C14H22N5O8P. The molecule has 5 N–H and O–H groups in total. The van der Waals surface area contributed by atoms with Crippen molar-refractivity contribution in [2.45, 2.75) is 24.5 Å². The van der Waals surface area contributed by atoms with Crippen molar-refractivity contribution in [3.8, 4) is 0 Å². The molecule has 0 saturated carbocycles. The summed E-state index contributed by atoms with van der Waals surface area (Å²) in [6, 6.07) is 0. The Morgan fingerprint density at radius 1 is 1.46 bits per heavy atom. The molecule has 1 saturated heterocycles. The summed E-state index contributed by atoms with van der Waals surface area (Å²) in [7, 11) is -2.27. The molecule has 2 unspecified atom stereocenters. The van der Waals surface area contributed by atoms with Crippen LogP contribution in [0, 0.1) is 0 Å². The molecule has 0 spiro atoms. The van der Waals surface area contributed by atoms with Crippen LogP contribution in [0.25, 0.3) is 11.2 Å². The summed E-state index contributed by atoms with van der Waals surface area (Å²) in [6.45, 7) is 1.11. The predicted molar refractivity (Wildman–Crippen MR) is 95.8 cm³/mol. The number of ether oxygens (including phenoxy) is 3. The van der Waals surface area contributed by atoms with E-state index in [0.29, 0.717) is 0 Å². The molecule has 0 bridgehead atoms. The van der Waals surface area contributed by atoms with Gasteiger partial charge in [0.1, 0.15) is 18.3 Å². The normalized spacial score (nSPS) is 27.3. The second kappa shape index (κ2) is 8.25. The Morgan fingerprint density at radius 3 is 2.89 bits per heavy atom. The van der Waals surface area contributed by atoms with Crippen LogP contribution in [-0.2, 0) is 23.3 Å². The van der Waals surface area contributed by atoms with E-state index in [0.717, 1.165) is 6.66 Å². The Kier molecular flexibility index (Phi) is 6.15. The average Bonchev–Trinajstić information content (AvgIpc) is 3.15. The van der Waals surface area contributed by atoms with Crippen LogP contribution in [0.1, 0.15) is 6.23 Å². The highest BCUT2D eigenvalue weighted by molar-refractivity contribution is 7.51. The van der Waals surface area contributed by atoms with Crippen molar-refractivity contribution in [1.82, 2.24) is 19.5 Å². The maximum atomic E-state index is 12.0. The molecule has 0 aliphatic carbocycles. The van der Waals surface area contributed by atoms with Gasteiger partial charge in [0, 0.05) is 13.8 Å². The van der Waals surface area contributed by atoms with Crippen molar-refractivity contribution < 1.29 is 33.3 Å². The first-order valence-electron chi connectivity index (χ1n) is 8.32. The highest BCUT2D eigenvalue weighted by atomic mass is 31.2. The minimum Gasteiger partial charge on any atom is -0.387 e. The van der Waals surface area contributed by atoms with Gasteiger partial charge in [-0.1, -0.05) is 0 Å². The maximum Gasteiger partial charge on any atom is 0.325 e. The summed E-state index contributed by atoms with van der Waals surface area (Å²) in [5.74, 6) is -0.110. The Labute approximate surface area is 158 Å². The predicted octanol–water partition coefficient (Wildman–Crippen LogP) is -1.18. The number of nitrogen functional groups attached to an aromatic ring is 1. The van der Waals surface area contributed by atoms with Gasteiger partial charge in [0.25, 0.3) is 5.56 Å². The molecule has 0 radical (unpaired) electrons. The summed E-state index contributed by atoms with van der Waals surface area (Å²) in [6.07, 6.45) is -2.68. The van der Waals surface area contributed by atoms with Gasteiger partial charge in [-0.25, -0.2) is 4.98 Å². The highest BCUT2D eigenvalue weighted by Crippen LogP contribution is 2.39. The van der Waals surface area contributed by atoms with Gasteiger partial charge in [-0.3, -0.25) is 18.9 Å². The molecule has 14 heteroatoms. The molecule has 1 aliphatic heterocycles. The first-order chi connectivity index (χ1) is 13.2. The molecular weight excluding hydrogens is 397 g/mol. The molecule has 28 heavy (non-hydrogen) atoms. The van der Waals surface area contributed by atoms with Crippen LogP contribution in [-0.4, -0.2) is 81.4 Å². The fraction of sp³-hybridized carbons (Fsp3) is 0.643. The Balaban J connectivity index is 1.92. The van der Waals surface area contributed by atoms with E-state index in [4.69, 9.17) is 24.5 Å². The zero-order valence-corrected chi connectivity index (χ0v) is 16.1. The Bertz CT molecular complexity index is 926.